The van der Waals surface area contributed by atoms with Gasteiger partial charge in [-0.05, 0) is 37.8 Å². The molecule has 0 radical (unpaired) electrons. The number of hydrogen-bond donors (Lipinski definition) is 1. The van der Waals surface area contributed by atoms with Crippen molar-refractivity contribution >= 4 is 5.91 Å². The zero-order valence-electron chi connectivity index (χ0n) is 14.7. The van der Waals surface area contributed by atoms with Gasteiger partial charge in [-0.25, -0.2) is 0 Å². The van der Waals surface area contributed by atoms with Crippen LogP contribution in [0.1, 0.15) is 38.7 Å². The summed E-state index contributed by atoms with van der Waals surface area (Å²) in [6, 6.07) is 10.4. The molecule has 0 spiro atoms. The monoisotopic (exact) mass is 317 g/mol. The van der Waals surface area contributed by atoms with E-state index in [0.717, 1.165) is 32.5 Å². The molecule has 1 saturated heterocycles. The maximum atomic E-state index is 12.7. The van der Waals surface area contributed by atoms with Gasteiger partial charge < -0.3 is 15.5 Å². The van der Waals surface area contributed by atoms with E-state index in [4.69, 9.17) is 5.73 Å². The van der Waals surface area contributed by atoms with E-state index in [9.17, 15) is 4.79 Å². The Kier molecular flexibility index (Phi) is 6.60. The second-order valence-electron chi connectivity index (χ2n) is 7.13. The first-order valence-electron chi connectivity index (χ1n) is 8.77. The van der Waals surface area contributed by atoms with Crippen LogP contribution in [0.4, 0.5) is 0 Å². The third-order valence-corrected chi connectivity index (χ3v) is 4.73. The van der Waals surface area contributed by atoms with E-state index < -0.39 is 0 Å². The van der Waals surface area contributed by atoms with Crippen LogP contribution < -0.4 is 5.73 Å². The van der Waals surface area contributed by atoms with E-state index >= 15 is 0 Å². The number of piperidine rings is 1. The van der Waals surface area contributed by atoms with Gasteiger partial charge >= 0.3 is 0 Å². The molecule has 4 heteroatoms. The van der Waals surface area contributed by atoms with Gasteiger partial charge in [-0.3, -0.25) is 4.79 Å². The highest BCUT2D eigenvalue weighted by Gasteiger charge is 2.31. The quantitative estimate of drug-likeness (QED) is 0.877. The van der Waals surface area contributed by atoms with Crippen LogP contribution in [-0.4, -0.2) is 47.9 Å². The number of carbonyl (C=O) groups is 1. The topological polar surface area (TPSA) is 49.6 Å². The summed E-state index contributed by atoms with van der Waals surface area (Å²) in [6.07, 6.45) is 3.37. The SMILES string of the molecule is CC(C)C(N)C(=O)N1CCCCC1CN(C)Cc1ccccc1. The molecule has 1 aromatic rings. The van der Waals surface area contributed by atoms with Crippen molar-refractivity contribution in [1.29, 1.82) is 0 Å². The Labute approximate surface area is 140 Å². The molecule has 1 fully saturated rings. The molecule has 1 aliphatic heterocycles. The van der Waals surface area contributed by atoms with Crippen LogP contribution in [0, 0.1) is 5.92 Å². The number of rotatable bonds is 6. The van der Waals surface area contributed by atoms with Crippen molar-refractivity contribution in [2.75, 3.05) is 20.1 Å². The summed E-state index contributed by atoms with van der Waals surface area (Å²) >= 11 is 0. The molecule has 4 nitrogen and oxygen atoms in total. The molecule has 1 amide bonds. The molecule has 1 heterocycles. The summed E-state index contributed by atoms with van der Waals surface area (Å²) in [5.41, 5.74) is 7.41. The molecule has 0 saturated carbocycles. The van der Waals surface area contributed by atoms with Crippen molar-refractivity contribution < 1.29 is 4.79 Å². The summed E-state index contributed by atoms with van der Waals surface area (Å²) < 4.78 is 0. The zero-order chi connectivity index (χ0) is 16.8. The number of nitrogens with zero attached hydrogens (tertiary/aromatic N) is 2. The third kappa shape index (κ3) is 5.05. The minimum atomic E-state index is -0.380. The number of benzene rings is 1. The maximum absolute atomic E-state index is 12.7. The Morgan fingerprint density at radius 2 is 2.00 bits per heavy atom. The molecule has 128 valence electrons. The van der Waals surface area contributed by atoms with Crippen LogP contribution in [0.25, 0.3) is 0 Å². The first-order chi connectivity index (χ1) is 11.0. The Balaban J connectivity index is 1.96. The van der Waals surface area contributed by atoms with Crippen molar-refractivity contribution in [3.05, 3.63) is 35.9 Å². The van der Waals surface area contributed by atoms with Gasteiger partial charge in [-0.1, -0.05) is 44.2 Å². The number of nitrogens with two attached hydrogens (primary N) is 1. The summed E-state index contributed by atoms with van der Waals surface area (Å²) in [5.74, 6) is 0.310. The predicted molar refractivity (Wildman–Crippen MR) is 94.9 cm³/mol. The lowest BCUT2D eigenvalue weighted by molar-refractivity contribution is -0.137. The van der Waals surface area contributed by atoms with E-state index in [1.54, 1.807) is 0 Å². The van der Waals surface area contributed by atoms with Gasteiger partial charge in [-0.2, -0.15) is 0 Å². The molecule has 0 bridgehead atoms. The second-order valence-corrected chi connectivity index (χ2v) is 7.13. The number of hydrogen-bond acceptors (Lipinski definition) is 3. The molecule has 1 aliphatic rings. The second kappa shape index (κ2) is 8.46. The van der Waals surface area contributed by atoms with E-state index in [1.807, 2.05) is 24.8 Å². The minimum Gasteiger partial charge on any atom is -0.337 e. The van der Waals surface area contributed by atoms with Crippen molar-refractivity contribution in [2.24, 2.45) is 11.7 Å². The Morgan fingerprint density at radius 3 is 2.65 bits per heavy atom. The Hall–Kier alpha value is -1.39. The van der Waals surface area contributed by atoms with E-state index in [2.05, 4.69) is 36.2 Å². The fraction of sp³-hybridized carbons (Fsp3) is 0.632. The first kappa shape index (κ1) is 18.0. The zero-order valence-corrected chi connectivity index (χ0v) is 14.7. The number of likely N-dealkylation sites (N-methyl/N-ethyl adjacent to an activating group) is 1. The average Bonchev–Trinajstić information content (AvgIpc) is 2.54. The molecule has 2 unspecified atom stereocenters. The van der Waals surface area contributed by atoms with Crippen LogP contribution in [-0.2, 0) is 11.3 Å². The third-order valence-electron chi connectivity index (χ3n) is 4.73. The number of amides is 1. The smallest absolute Gasteiger partial charge is 0.240 e. The van der Waals surface area contributed by atoms with Crippen LogP contribution in [0.3, 0.4) is 0 Å². The van der Waals surface area contributed by atoms with Gasteiger partial charge in [0.25, 0.3) is 0 Å². The molecule has 2 N–H and O–H groups in total. The van der Waals surface area contributed by atoms with Crippen molar-refractivity contribution in [1.82, 2.24) is 9.80 Å². The highest BCUT2D eigenvalue weighted by Crippen LogP contribution is 2.20. The lowest BCUT2D eigenvalue weighted by atomic mass is 9.97. The molecule has 23 heavy (non-hydrogen) atoms. The van der Waals surface area contributed by atoms with E-state index in [1.165, 1.54) is 12.0 Å². The molecule has 2 atom stereocenters. The summed E-state index contributed by atoms with van der Waals surface area (Å²) in [6.45, 7) is 6.70. The van der Waals surface area contributed by atoms with Gasteiger partial charge in [0.1, 0.15) is 0 Å². The average molecular weight is 317 g/mol. The Bertz CT molecular complexity index is 489. The fourth-order valence-corrected chi connectivity index (χ4v) is 3.28. The Morgan fingerprint density at radius 1 is 1.30 bits per heavy atom. The maximum Gasteiger partial charge on any atom is 0.240 e. The molecule has 0 aliphatic carbocycles. The molecular weight excluding hydrogens is 286 g/mol. The van der Waals surface area contributed by atoms with Gasteiger partial charge in [0.15, 0.2) is 0 Å². The van der Waals surface area contributed by atoms with Crippen LogP contribution in [0.2, 0.25) is 0 Å². The standard InChI is InChI=1S/C19H31N3O/c1-15(2)18(20)19(23)22-12-8-7-11-17(22)14-21(3)13-16-9-5-4-6-10-16/h4-6,9-10,15,17-18H,7-8,11-14,20H2,1-3H3. The fourth-order valence-electron chi connectivity index (χ4n) is 3.28. The molecule has 2 rings (SSSR count). The molecular formula is C19H31N3O. The van der Waals surface area contributed by atoms with Crippen LogP contribution in [0.5, 0.6) is 0 Å². The molecule has 1 aromatic carbocycles. The van der Waals surface area contributed by atoms with Gasteiger partial charge in [0, 0.05) is 25.7 Å². The van der Waals surface area contributed by atoms with E-state index in [-0.39, 0.29) is 23.9 Å². The van der Waals surface area contributed by atoms with Gasteiger partial charge in [0.05, 0.1) is 6.04 Å². The minimum absolute atomic E-state index is 0.123. The summed E-state index contributed by atoms with van der Waals surface area (Å²) in [7, 11) is 2.13. The highest BCUT2D eigenvalue weighted by molar-refractivity contribution is 5.82. The van der Waals surface area contributed by atoms with Crippen LogP contribution in [0.15, 0.2) is 30.3 Å². The number of carbonyl (C=O) groups excluding carboxylic acids is 1. The normalized spacial score (nSPS) is 20.1. The summed E-state index contributed by atoms with van der Waals surface area (Å²) in [4.78, 5) is 17.0. The van der Waals surface area contributed by atoms with Crippen molar-refractivity contribution in [3.63, 3.8) is 0 Å². The van der Waals surface area contributed by atoms with Gasteiger partial charge in [-0.15, -0.1) is 0 Å². The molecule has 0 aromatic heterocycles. The highest BCUT2D eigenvalue weighted by atomic mass is 16.2. The number of likely N-dealkylation sites (tertiary alicyclic amines) is 1. The largest absolute Gasteiger partial charge is 0.337 e. The van der Waals surface area contributed by atoms with Crippen molar-refractivity contribution in [2.45, 2.75) is 51.7 Å². The van der Waals surface area contributed by atoms with E-state index in [0.29, 0.717) is 0 Å². The lowest BCUT2D eigenvalue weighted by Gasteiger charge is -2.39. The van der Waals surface area contributed by atoms with Crippen LogP contribution >= 0.6 is 0 Å². The predicted octanol–water partition coefficient (Wildman–Crippen LogP) is 2.48. The van der Waals surface area contributed by atoms with Gasteiger partial charge in [0.2, 0.25) is 5.91 Å². The summed E-state index contributed by atoms with van der Waals surface area (Å²) in [5, 5.41) is 0. The first-order valence-corrected chi connectivity index (χ1v) is 8.77. The van der Waals surface area contributed by atoms with Crippen molar-refractivity contribution in [3.8, 4) is 0 Å². The lowest BCUT2D eigenvalue weighted by Crippen LogP contribution is -2.55.